The predicted molar refractivity (Wildman–Crippen MR) is 146 cm³/mol. The van der Waals surface area contributed by atoms with Gasteiger partial charge in [-0.3, -0.25) is 9.59 Å². The summed E-state index contributed by atoms with van der Waals surface area (Å²) in [6.45, 7) is 0.154. The molecule has 2 amide bonds. The van der Waals surface area contributed by atoms with Crippen molar-refractivity contribution in [2.75, 3.05) is 0 Å². The molecule has 37 heavy (non-hydrogen) atoms. The lowest BCUT2D eigenvalue weighted by Crippen LogP contribution is -2.53. The van der Waals surface area contributed by atoms with Crippen LogP contribution in [0.5, 0.6) is 0 Å². The van der Waals surface area contributed by atoms with Crippen LogP contribution < -0.4 is 5.32 Å². The van der Waals surface area contributed by atoms with Crippen molar-refractivity contribution in [1.82, 2.24) is 10.2 Å². The monoisotopic (exact) mass is 540 g/mol. The molecule has 3 aromatic carbocycles. The maximum absolute atomic E-state index is 14.6. The molecule has 0 bridgehead atoms. The highest BCUT2D eigenvalue weighted by Crippen LogP contribution is 2.24. The third-order valence-corrected chi connectivity index (χ3v) is 7.44. The van der Waals surface area contributed by atoms with Gasteiger partial charge < -0.3 is 10.2 Å². The molecule has 7 heteroatoms. The van der Waals surface area contributed by atoms with Crippen LogP contribution in [0.2, 0.25) is 10.0 Å². The first kappa shape index (κ1) is 27.2. The van der Waals surface area contributed by atoms with Crippen molar-refractivity contribution >= 4 is 35.0 Å². The summed E-state index contributed by atoms with van der Waals surface area (Å²) in [4.78, 5) is 29.1. The van der Waals surface area contributed by atoms with E-state index < -0.39 is 11.9 Å². The lowest BCUT2D eigenvalue weighted by molar-refractivity contribution is -0.141. The van der Waals surface area contributed by atoms with Gasteiger partial charge in [-0.1, -0.05) is 91.0 Å². The standard InChI is InChI=1S/C30H31Cl2FN2O2/c31-23-12-7-11-22(17-23)20-35(29(36)19-25-26(32)15-8-16-27(25)33)28(18-21-9-3-1-4-10-21)30(37)34-24-13-5-2-6-14-24/h1,3-4,7-12,15-17,24,28H,2,5-6,13-14,18-20H2,(H,34,37)/t28-/m1/s1. The van der Waals surface area contributed by atoms with Gasteiger partial charge in [-0.2, -0.15) is 0 Å². The SMILES string of the molecule is O=C(NC1CCCCC1)[C@@H](Cc1ccccc1)N(Cc1cccc(Cl)c1)C(=O)Cc1c(F)cccc1Cl. The predicted octanol–water partition coefficient (Wildman–Crippen LogP) is 6.76. The van der Waals surface area contributed by atoms with Gasteiger partial charge in [0.15, 0.2) is 0 Å². The number of carbonyl (C=O) groups excluding carboxylic acids is 2. The van der Waals surface area contributed by atoms with Crippen molar-refractivity contribution in [1.29, 1.82) is 0 Å². The minimum atomic E-state index is -0.790. The molecule has 0 heterocycles. The third kappa shape index (κ3) is 7.56. The van der Waals surface area contributed by atoms with Gasteiger partial charge in [0.25, 0.3) is 0 Å². The Kier molecular flexibility index (Phi) is 9.59. The van der Waals surface area contributed by atoms with E-state index in [0.29, 0.717) is 11.4 Å². The Bertz CT molecular complexity index is 1190. The van der Waals surface area contributed by atoms with E-state index >= 15 is 0 Å². The minimum Gasteiger partial charge on any atom is -0.352 e. The zero-order valence-electron chi connectivity index (χ0n) is 20.6. The van der Waals surface area contributed by atoms with Crippen LogP contribution in [-0.2, 0) is 29.0 Å². The molecule has 0 aromatic heterocycles. The van der Waals surface area contributed by atoms with Gasteiger partial charge in [-0.15, -0.1) is 0 Å². The molecule has 4 rings (SSSR count). The van der Waals surface area contributed by atoms with Crippen molar-refractivity contribution in [3.05, 3.63) is 105 Å². The number of hydrogen-bond acceptors (Lipinski definition) is 2. The van der Waals surface area contributed by atoms with Crippen molar-refractivity contribution in [2.45, 2.75) is 63.6 Å². The van der Waals surface area contributed by atoms with E-state index in [9.17, 15) is 14.0 Å². The number of nitrogens with zero attached hydrogens (tertiary/aromatic N) is 1. The molecular formula is C30H31Cl2FN2O2. The molecule has 1 atom stereocenters. The molecule has 0 saturated heterocycles. The number of nitrogens with one attached hydrogen (secondary N) is 1. The largest absolute Gasteiger partial charge is 0.352 e. The molecule has 0 aliphatic heterocycles. The summed E-state index contributed by atoms with van der Waals surface area (Å²) in [6.07, 6.45) is 5.25. The van der Waals surface area contributed by atoms with E-state index in [1.807, 2.05) is 42.5 Å². The van der Waals surface area contributed by atoms with Crippen LogP contribution in [0.4, 0.5) is 4.39 Å². The van der Waals surface area contributed by atoms with E-state index in [4.69, 9.17) is 23.2 Å². The fourth-order valence-corrected chi connectivity index (χ4v) is 5.33. The molecule has 1 aliphatic rings. The van der Waals surface area contributed by atoms with Crippen molar-refractivity contribution in [2.24, 2.45) is 0 Å². The molecule has 0 spiro atoms. The Labute approximate surface area is 227 Å². The summed E-state index contributed by atoms with van der Waals surface area (Å²) in [5, 5.41) is 3.92. The molecule has 0 unspecified atom stereocenters. The van der Waals surface area contributed by atoms with Gasteiger partial charge in [-0.05, 0) is 48.2 Å². The second-order valence-electron chi connectivity index (χ2n) is 9.58. The molecular weight excluding hydrogens is 510 g/mol. The van der Waals surface area contributed by atoms with Crippen LogP contribution >= 0.6 is 23.2 Å². The molecule has 1 fully saturated rings. The fraction of sp³-hybridized carbons (Fsp3) is 0.333. The van der Waals surface area contributed by atoms with E-state index in [-0.39, 0.29) is 41.4 Å². The summed E-state index contributed by atoms with van der Waals surface area (Å²) in [5.41, 5.74) is 1.83. The molecule has 1 aliphatic carbocycles. The minimum absolute atomic E-state index is 0.0867. The van der Waals surface area contributed by atoms with Gasteiger partial charge in [0.05, 0.1) is 6.42 Å². The average molecular weight is 541 g/mol. The summed E-state index contributed by atoms with van der Waals surface area (Å²) in [6, 6.07) is 20.5. The van der Waals surface area contributed by atoms with Gasteiger partial charge in [0, 0.05) is 34.6 Å². The molecule has 1 N–H and O–H groups in total. The highest BCUT2D eigenvalue weighted by molar-refractivity contribution is 6.31. The molecule has 3 aromatic rings. The van der Waals surface area contributed by atoms with Crippen LogP contribution in [0, 0.1) is 5.82 Å². The van der Waals surface area contributed by atoms with Crippen molar-refractivity contribution in [3.63, 3.8) is 0 Å². The maximum atomic E-state index is 14.6. The van der Waals surface area contributed by atoms with Crippen molar-refractivity contribution < 1.29 is 14.0 Å². The number of hydrogen-bond donors (Lipinski definition) is 1. The topological polar surface area (TPSA) is 49.4 Å². The maximum Gasteiger partial charge on any atom is 0.243 e. The van der Waals surface area contributed by atoms with Gasteiger partial charge in [0.2, 0.25) is 11.8 Å². The van der Waals surface area contributed by atoms with E-state index in [2.05, 4.69) is 5.32 Å². The van der Waals surface area contributed by atoms with Gasteiger partial charge in [0.1, 0.15) is 11.9 Å². The third-order valence-electron chi connectivity index (χ3n) is 6.85. The van der Waals surface area contributed by atoms with Crippen LogP contribution in [0.15, 0.2) is 72.8 Å². The molecule has 4 nitrogen and oxygen atoms in total. The molecule has 194 valence electrons. The number of halogens is 3. The van der Waals surface area contributed by atoms with E-state index in [1.54, 1.807) is 23.1 Å². The van der Waals surface area contributed by atoms with Gasteiger partial charge >= 0.3 is 0 Å². The Hall–Kier alpha value is -2.89. The Morgan fingerprint density at radius 3 is 2.32 bits per heavy atom. The summed E-state index contributed by atoms with van der Waals surface area (Å²) in [7, 11) is 0. The molecule has 1 saturated carbocycles. The normalized spacial score (nSPS) is 14.7. The van der Waals surface area contributed by atoms with Gasteiger partial charge in [-0.25, -0.2) is 4.39 Å². The second-order valence-corrected chi connectivity index (χ2v) is 10.4. The number of benzene rings is 3. The van der Waals surface area contributed by atoms with Crippen LogP contribution in [0.1, 0.15) is 48.8 Å². The first-order chi connectivity index (χ1) is 17.9. The lowest BCUT2D eigenvalue weighted by atomic mass is 9.94. The van der Waals surface area contributed by atoms with E-state index in [0.717, 1.165) is 36.8 Å². The van der Waals surface area contributed by atoms with Crippen LogP contribution in [0.25, 0.3) is 0 Å². The number of carbonyl (C=O) groups is 2. The average Bonchev–Trinajstić information content (AvgIpc) is 2.89. The zero-order chi connectivity index (χ0) is 26.2. The second kappa shape index (κ2) is 13.1. The summed E-state index contributed by atoms with van der Waals surface area (Å²) >= 11 is 12.5. The number of rotatable bonds is 9. The first-order valence-corrected chi connectivity index (χ1v) is 13.5. The Balaban J connectivity index is 1.68. The summed E-state index contributed by atoms with van der Waals surface area (Å²) in [5.74, 6) is -1.13. The highest BCUT2D eigenvalue weighted by Gasteiger charge is 2.32. The van der Waals surface area contributed by atoms with Crippen molar-refractivity contribution in [3.8, 4) is 0 Å². The fourth-order valence-electron chi connectivity index (χ4n) is 4.88. The quantitative estimate of drug-likeness (QED) is 0.325. The highest BCUT2D eigenvalue weighted by atomic mass is 35.5. The Morgan fingerprint density at radius 2 is 1.62 bits per heavy atom. The smallest absolute Gasteiger partial charge is 0.243 e. The lowest BCUT2D eigenvalue weighted by Gasteiger charge is -2.33. The van der Waals surface area contributed by atoms with E-state index in [1.165, 1.54) is 18.6 Å². The van der Waals surface area contributed by atoms with Crippen LogP contribution in [-0.4, -0.2) is 28.8 Å². The Morgan fingerprint density at radius 1 is 0.919 bits per heavy atom. The first-order valence-electron chi connectivity index (χ1n) is 12.7. The molecule has 0 radical (unpaired) electrons. The zero-order valence-corrected chi connectivity index (χ0v) is 22.1. The number of amides is 2. The van der Waals surface area contributed by atoms with Crippen LogP contribution in [0.3, 0.4) is 0 Å². The summed E-state index contributed by atoms with van der Waals surface area (Å²) < 4.78 is 14.6.